The molecule has 4 rings (SSSR count). The Labute approximate surface area is 167 Å². The molecule has 0 aliphatic heterocycles. The van der Waals surface area contributed by atoms with E-state index < -0.39 is 11.6 Å². The number of rotatable bonds is 4. The molecule has 142 valence electrons. The highest BCUT2D eigenvalue weighted by molar-refractivity contribution is 7.98. The van der Waals surface area contributed by atoms with Crippen LogP contribution in [-0.4, -0.2) is 19.2 Å². The lowest BCUT2D eigenvalue weighted by Gasteiger charge is -2.10. The molecule has 2 aromatic heterocycles. The summed E-state index contributed by atoms with van der Waals surface area (Å²) in [6.45, 7) is 1.82. The maximum atomic E-state index is 13.8. The average Bonchev–Trinajstić information content (AvgIpc) is 3.08. The lowest BCUT2D eigenvalue weighted by molar-refractivity contribution is 0.566. The lowest BCUT2D eigenvalue weighted by Crippen LogP contribution is -2.21. The topological polar surface area (TPSA) is 52.2 Å². The van der Waals surface area contributed by atoms with Gasteiger partial charge in [-0.1, -0.05) is 35.5 Å². The molecule has 2 heterocycles. The first-order chi connectivity index (χ1) is 13.5. The van der Waals surface area contributed by atoms with E-state index in [-0.39, 0.29) is 22.5 Å². The molecule has 0 bridgehead atoms. The molecule has 0 spiro atoms. The van der Waals surface area contributed by atoms with Gasteiger partial charge in [-0.15, -0.1) is 10.2 Å². The number of fused-ring (bicyclic) bond motifs is 1. The van der Waals surface area contributed by atoms with Crippen LogP contribution in [-0.2, 0) is 5.75 Å². The summed E-state index contributed by atoms with van der Waals surface area (Å²) >= 11 is 7.24. The molecule has 0 saturated heterocycles. The first-order valence-corrected chi connectivity index (χ1v) is 9.61. The summed E-state index contributed by atoms with van der Waals surface area (Å²) < 4.78 is 30.6. The number of nitrogens with zero attached hydrogens (tertiary/aromatic N) is 4. The molecule has 2 aromatic carbocycles. The fourth-order valence-corrected chi connectivity index (χ4v) is 3.92. The predicted octanol–water partition coefficient (Wildman–Crippen LogP) is 4.41. The summed E-state index contributed by atoms with van der Waals surface area (Å²) in [5.74, 6) is -1.23. The SMILES string of the molecule is Cc1c(Cl)cccc1-n1ccn2c(SCc3c(F)cccc3F)nnc2c1=O. The van der Waals surface area contributed by atoms with Crippen molar-refractivity contribution in [1.29, 1.82) is 0 Å². The third-order valence-electron chi connectivity index (χ3n) is 4.35. The Morgan fingerprint density at radius 2 is 1.79 bits per heavy atom. The first kappa shape index (κ1) is 18.6. The van der Waals surface area contributed by atoms with Gasteiger partial charge in [0.05, 0.1) is 5.69 Å². The van der Waals surface area contributed by atoms with Gasteiger partial charge in [0.15, 0.2) is 5.16 Å². The van der Waals surface area contributed by atoms with Crippen LogP contribution in [0.2, 0.25) is 5.02 Å². The van der Waals surface area contributed by atoms with Crippen molar-refractivity contribution in [2.45, 2.75) is 17.8 Å². The summed E-state index contributed by atoms with van der Waals surface area (Å²) in [6.07, 6.45) is 3.22. The van der Waals surface area contributed by atoms with Gasteiger partial charge in [-0.3, -0.25) is 13.8 Å². The van der Waals surface area contributed by atoms with E-state index in [1.807, 2.05) is 6.92 Å². The molecule has 4 aromatic rings. The van der Waals surface area contributed by atoms with E-state index in [4.69, 9.17) is 11.6 Å². The van der Waals surface area contributed by atoms with Gasteiger partial charge in [-0.25, -0.2) is 8.78 Å². The Morgan fingerprint density at radius 1 is 1.07 bits per heavy atom. The molecule has 9 heteroatoms. The number of thioether (sulfide) groups is 1. The Balaban J connectivity index is 1.71. The van der Waals surface area contributed by atoms with E-state index >= 15 is 0 Å². The quantitative estimate of drug-likeness (QED) is 0.460. The van der Waals surface area contributed by atoms with Crippen molar-refractivity contribution < 1.29 is 8.78 Å². The third kappa shape index (κ3) is 3.18. The second-order valence-corrected chi connectivity index (χ2v) is 7.37. The summed E-state index contributed by atoms with van der Waals surface area (Å²) in [4.78, 5) is 12.9. The fourth-order valence-electron chi connectivity index (χ4n) is 2.82. The van der Waals surface area contributed by atoms with Crippen LogP contribution >= 0.6 is 23.4 Å². The van der Waals surface area contributed by atoms with Gasteiger partial charge in [0.1, 0.15) is 11.6 Å². The highest BCUT2D eigenvalue weighted by Crippen LogP contribution is 2.25. The molecule has 0 N–H and O–H groups in total. The van der Waals surface area contributed by atoms with E-state index in [1.165, 1.54) is 27.2 Å². The van der Waals surface area contributed by atoms with Crippen molar-refractivity contribution in [2.75, 3.05) is 0 Å². The fraction of sp³-hybridized carbons (Fsp3) is 0.105. The minimum atomic E-state index is -0.625. The van der Waals surface area contributed by atoms with Gasteiger partial charge in [0.2, 0.25) is 5.65 Å². The maximum Gasteiger partial charge on any atom is 0.300 e. The highest BCUT2D eigenvalue weighted by Gasteiger charge is 2.15. The van der Waals surface area contributed by atoms with Crippen LogP contribution in [0.3, 0.4) is 0 Å². The molecule has 0 saturated carbocycles. The number of benzene rings is 2. The van der Waals surface area contributed by atoms with E-state index in [9.17, 15) is 13.6 Å². The molecule has 0 aliphatic rings. The van der Waals surface area contributed by atoms with E-state index in [1.54, 1.807) is 30.6 Å². The number of halogens is 3. The van der Waals surface area contributed by atoms with Crippen molar-refractivity contribution in [3.63, 3.8) is 0 Å². The standard InChI is InChI=1S/C19H13ClF2N4OS/c1-11-13(20)4-2-7-16(11)25-8-9-26-17(18(25)27)23-24-19(26)28-10-12-14(21)5-3-6-15(12)22/h2-9H,10H2,1H3. The molecule has 28 heavy (non-hydrogen) atoms. The van der Waals surface area contributed by atoms with Crippen molar-refractivity contribution >= 4 is 29.0 Å². The average molecular weight is 419 g/mol. The van der Waals surface area contributed by atoms with Gasteiger partial charge in [-0.05, 0) is 36.8 Å². The van der Waals surface area contributed by atoms with Gasteiger partial charge < -0.3 is 0 Å². The summed E-state index contributed by atoms with van der Waals surface area (Å²) in [5, 5.41) is 8.86. The lowest BCUT2D eigenvalue weighted by atomic mass is 10.2. The Morgan fingerprint density at radius 3 is 2.54 bits per heavy atom. The third-order valence-corrected chi connectivity index (χ3v) is 5.72. The smallest absolute Gasteiger partial charge is 0.279 e. The largest absolute Gasteiger partial charge is 0.300 e. The molecular formula is C19H13ClF2N4OS. The molecule has 0 atom stereocenters. The van der Waals surface area contributed by atoms with E-state index in [0.29, 0.717) is 15.9 Å². The summed E-state index contributed by atoms with van der Waals surface area (Å²) in [5.41, 5.74) is 1.10. The Bertz CT molecular complexity index is 1230. The minimum Gasteiger partial charge on any atom is -0.279 e. The van der Waals surface area contributed by atoms with Crippen LogP contribution in [0.5, 0.6) is 0 Å². The molecule has 0 aliphatic carbocycles. The van der Waals surface area contributed by atoms with Crippen LogP contribution in [0, 0.1) is 18.6 Å². The summed E-state index contributed by atoms with van der Waals surface area (Å²) in [7, 11) is 0. The monoisotopic (exact) mass is 418 g/mol. The minimum absolute atomic E-state index is 0.0236. The van der Waals surface area contributed by atoms with E-state index in [2.05, 4.69) is 10.2 Å². The van der Waals surface area contributed by atoms with Crippen molar-refractivity contribution in [3.8, 4) is 5.69 Å². The molecule has 0 unspecified atom stereocenters. The van der Waals surface area contributed by atoms with Gasteiger partial charge in [-0.2, -0.15) is 0 Å². The van der Waals surface area contributed by atoms with Crippen molar-refractivity contribution in [3.05, 3.63) is 86.9 Å². The predicted molar refractivity (Wildman–Crippen MR) is 104 cm³/mol. The van der Waals surface area contributed by atoms with Crippen LogP contribution in [0.15, 0.2) is 58.7 Å². The Kier molecular flexibility index (Phi) is 4.91. The van der Waals surface area contributed by atoms with Gasteiger partial charge in [0.25, 0.3) is 0 Å². The molecule has 0 fully saturated rings. The normalized spacial score (nSPS) is 11.3. The molecule has 0 amide bonds. The molecule has 5 nitrogen and oxygen atoms in total. The number of hydrogen-bond acceptors (Lipinski definition) is 4. The zero-order valence-electron chi connectivity index (χ0n) is 14.6. The zero-order chi connectivity index (χ0) is 19.8. The van der Waals surface area contributed by atoms with Crippen LogP contribution < -0.4 is 5.56 Å². The van der Waals surface area contributed by atoms with Crippen LogP contribution in [0.4, 0.5) is 8.78 Å². The number of hydrogen-bond donors (Lipinski definition) is 0. The molecular weight excluding hydrogens is 406 g/mol. The van der Waals surface area contributed by atoms with E-state index in [0.717, 1.165) is 17.3 Å². The van der Waals surface area contributed by atoms with Crippen molar-refractivity contribution in [1.82, 2.24) is 19.2 Å². The second-order valence-electron chi connectivity index (χ2n) is 6.02. The van der Waals surface area contributed by atoms with Gasteiger partial charge in [0, 0.05) is 28.7 Å². The van der Waals surface area contributed by atoms with Gasteiger partial charge >= 0.3 is 5.56 Å². The zero-order valence-corrected chi connectivity index (χ0v) is 16.1. The first-order valence-electron chi connectivity index (χ1n) is 8.25. The Hall–Kier alpha value is -2.71. The second kappa shape index (κ2) is 7.37. The van der Waals surface area contributed by atoms with Crippen LogP contribution in [0.1, 0.15) is 11.1 Å². The van der Waals surface area contributed by atoms with Crippen molar-refractivity contribution in [2.24, 2.45) is 0 Å². The maximum absolute atomic E-state index is 13.8. The number of aromatic nitrogens is 4. The highest BCUT2D eigenvalue weighted by atomic mass is 35.5. The summed E-state index contributed by atoms with van der Waals surface area (Å²) in [6, 6.07) is 9.00. The molecule has 0 radical (unpaired) electrons. The van der Waals surface area contributed by atoms with Crippen LogP contribution in [0.25, 0.3) is 11.3 Å².